The fraction of sp³-hybridized carbons (Fsp3) is 0.409. The smallest absolute Gasteiger partial charge is 0.241 e. The monoisotopic (exact) mass is 370 g/mol. The van der Waals surface area contributed by atoms with Gasteiger partial charge in [-0.3, -0.25) is 9.69 Å². The standard InChI is InChI=1S/C22H30N2O3/c1-14-9-8-10-15(2)21(14)23-22(25)17(4)24(5)13-18-12-20(27-7)19(26-6)11-16(18)3/h8-12,17H,13H2,1-7H3,(H,23,25)/t17-/m0/s1. The minimum absolute atomic E-state index is 0.0203. The zero-order valence-corrected chi connectivity index (χ0v) is 17.3. The van der Waals surface area contributed by atoms with Gasteiger partial charge < -0.3 is 14.8 Å². The summed E-state index contributed by atoms with van der Waals surface area (Å²) in [4.78, 5) is 14.8. The Hall–Kier alpha value is -2.53. The number of anilines is 1. The van der Waals surface area contributed by atoms with Crippen LogP contribution in [0.1, 0.15) is 29.2 Å². The van der Waals surface area contributed by atoms with Crippen LogP contribution in [0, 0.1) is 20.8 Å². The highest BCUT2D eigenvalue weighted by Crippen LogP contribution is 2.31. The van der Waals surface area contributed by atoms with Gasteiger partial charge in [0.25, 0.3) is 0 Å². The molecule has 0 fully saturated rings. The molecule has 0 aliphatic carbocycles. The minimum Gasteiger partial charge on any atom is -0.493 e. The molecule has 0 radical (unpaired) electrons. The van der Waals surface area contributed by atoms with Crippen LogP contribution in [0.5, 0.6) is 11.5 Å². The number of methoxy groups -OCH3 is 2. The van der Waals surface area contributed by atoms with Crippen LogP contribution in [0.2, 0.25) is 0 Å². The summed E-state index contributed by atoms with van der Waals surface area (Å²) < 4.78 is 10.8. The molecule has 146 valence electrons. The topological polar surface area (TPSA) is 50.8 Å². The highest BCUT2D eigenvalue weighted by Gasteiger charge is 2.20. The van der Waals surface area contributed by atoms with E-state index in [2.05, 4.69) is 5.32 Å². The average Bonchev–Trinajstić information content (AvgIpc) is 2.65. The third-order valence-electron chi connectivity index (χ3n) is 5.03. The van der Waals surface area contributed by atoms with E-state index < -0.39 is 0 Å². The van der Waals surface area contributed by atoms with Gasteiger partial charge in [-0.05, 0) is 69.1 Å². The van der Waals surface area contributed by atoms with E-state index in [4.69, 9.17) is 9.47 Å². The lowest BCUT2D eigenvalue weighted by Gasteiger charge is -2.26. The number of para-hydroxylation sites is 1. The zero-order chi connectivity index (χ0) is 20.1. The molecule has 0 spiro atoms. The Morgan fingerprint density at radius 1 is 1.04 bits per heavy atom. The van der Waals surface area contributed by atoms with E-state index >= 15 is 0 Å². The number of hydrogen-bond donors (Lipinski definition) is 1. The quantitative estimate of drug-likeness (QED) is 0.798. The molecule has 5 nitrogen and oxygen atoms in total. The van der Waals surface area contributed by atoms with Crippen molar-refractivity contribution in [3.8, 4) is 11.5 Å². The van der Waals surface area contributed by atoms with Crippen LogP contribution in [-0.4, -0.2) is 38.1 Å². The van der Waals surface area contributed by atoms with Crippen LogP contribution in [0.3, 0.4) is 0 Å². The van der Waals surface area contributed by atoms with Crippen molar-refractivity contribution in [3.63, 3.8) is 0 Å². The van der Waals surface area contributed by atoms with Crippen LogP contribution in [0.25, 0.3) is 0 Å². The van der Waals surface area contributed by atoms with E-state index in [0.29, 0.717) is 18.0 Å². The first-order valence-corrected chi connectivity index (χ1v) is 9.07. The lowest BCUT2D eigenvalue weighted by molar-refractivity contribution is -0.120. The molecule has 0 unspecified atom stereocenters. The van der Waals surface area contributed by atoms with Crippen LogP contribution in [-0.2, 0) is 11.3 Å². The van der Waals surface area contributed by atoms with Gasteiger partial charge in [0, 0.05) is 12.2 Å². The molecule has 1 N–H and O–H groups in total. The van der Waals surface area contributed by atoms with Gasteiger partial charge in [-0.2, -0.15) is 0 Å². The van der Waals surface area contributed by atoms with Crippen molar-refractivity contribution < 1.29 is 14.3 Å². The second kappa shape index (κ2) is 8.91. The lowest BCUT2D eigenvalue weighted by Crippen LogP contribution is -2.39. The Morgan fingerprint density at radius 3 is 2.15 bits per heavy atom. The maximum atomic E-state index is 12.8. The Bertz CT molecular complexity index is 797. The van der Waals surface area contributed by atoms with Gasteiger partial charge in [0.1, 0.15) is 0 Å². The number of likely N-dealkylation sites (N-methyl/N-ethyl adjacent to an activating group) is 1. The fourth-order valence-corrected chi connectivity index (χ4v) is 3.04. The first-order chi connectivity index (χ1) is 12.8. The molecule has 1 atom stereocenters. The van der Waals surface area contributed by atoms with Crippen molar-refractivity contribution >= 4 is 11.6 Å². The number of amides is 1. The van der Waals surface area contributed by atoms with Gasteiger partial charge in [-0.1, -0.05) is 18.2 Å². The molecule has 2 aromatic carbocycles. The second-order valence-electron chi connectivity index (χ2n) is 6.98. The SMILES string of the molecule is COc1cc(C)c(CN(C)[C@@H](C)C(=O)Nc2c(C)cccc2C)cc1OC. The maximum Gasteiger partial charge on any atom is 0.241 e. The zero-order valence-electron chi connectivity index (χ0n) is 17.3. The molecular formula is C22H30N2O3. The molecule has 0 aliphatic rings. The molecule has 0 aromatic heterocycles. The summed E-state index contributed by atoms with van der Waals surface area (Å²) in [7, 11) is 5.20. The number of carbonyl (C=O) groups is 1. The van der Waals surface area contributed by atoms with E-state index in [-0.39, 0.29) is 11.9 Å². The number of nitrogens with one attached hydrogen (secondary N) is 1. The van der Waals surface area contributed by atoms with E-state index in [0.717, 1.165) is 27.9 Å². The van der Waals surface area contributed by atoms with Gasteiger partial charge >= 0.3 is 0 Å². The van der Waals surface area contributed by atoms with Crippen molar-refractivity contribution in [1.82, 2.24) is 4.90 Å². The molecule has 0 aliphatic heterocycles. The van der Waals surface area contributed by atoms with Crippen LogP contribution >= 0.6 is 0 Å². The summed E-state index contributed by atoms with van der Waals surface area (Å²) >= 11 is 0. The molecule has 0 saturated heterocycles. The number of ether oxygens (including phenoxy) is 2. The van der Waals surface area contributed by atoms with Gasteiger partial charge in [-0.25, -0.2) is 0 Å². The highest BCUT2D eigenvalue weighted by atomic mass is 16.5. The molecule has 5 heteroatoms. The van der Waals surface area contributed by atoms with Crippen molar-refractivity contribution in [2.75, 3.05) is 26.6 Å². The summed E-state index contributed by atoms with van der Waals surface area (Å²) in [6.45, 7) is 8.59. The van der Waals surface area contributed by atoms with E-state index in [1.165, 1.54) is 0 Å². The number of rotatable bonds is 7. The van der Waals surface area contributed by atoms with Crippen molar-refractivity contribution in [2.45, 2.75) is 40.3 Å². The van der Waals surface area contributed by atoms with Gasteiger partial charge in [0.05, 0.1) is 20.3 Å². The number of benzene rings is 2. The molecule has 2 aromatic rings. The fourth-order valence-electron chi connectivity index (χ4n) is 3.04. The van der Waals surface area contributed by atoms with Gasteiger partial charge in [0.2, 0.25) is 5.91 Å². The third-order valence-corrected chi connectivity index (χ3v) is 5.03. The number of hydrogen-bond acceptors (Lipinski definition) is 4. The molecule has 0 saturated carbocycles. The highest BCUT2D eigenvalue weighted by molar-refractivity contribution is 5.95. The Kier molecular flexibility index (Phi) is 6.86. The minimum atomic E-state index is -0.281. The van der Waals surface area contributed by atoms with E-state index in [1.807, 2.05) is 70.0 Å². The Labute approximate surface area is 162 Å². The molecular weight excluding hydrogens is 340 g/mol. The molecule has 0 heterocycles. The molecule has 0 bridgehead atoms. The summed E-state index contributed by atoms with van der Waals surface area (Å²) in [6.07, 6.45) is 0. The first kappa shape index (κ1) is 20.8. The van der Waals surface area contributed by atoms with Gasteiger partial charge in [-0.15, -0.1) is 0 Å². The first-order valence-electron chi connectivity index (χ1n) is 9.07. The van der Waals surface area contributed by atoms with Gasteiger partial charge in [0.15, 0.2) is 11.5 Å². The maximum absolute atomic E-state index is 12.8. The predicted octanol–water partition coefficient (Wildman–Crippen LogP) is 4.09. The summed E-state index contributed by atoms with van der Waals surface area (Å²) in [5.74, 6) is 1.38. The molecule has 27 heavy (non-hydrogen) atoms. The summed E-state index contributed by atoms with van der Waals surface area (Å²) in [5, 5.41) is 3.08. The number of nitrogens with zero attached hydrogens (tertiary/aromatic N) is 1. The largest absolute Gasteiger partial charge is 0.493 e. The predicted molar refractivity (Wildman–Crippen MR) is 110 cm³/mol. The van der Waals surface area contributed by atoms with E-state index in [9.17, 15) is 4.79 Å². The Morgan fingerprint density at radius 2 is 1.59 bits per heavy atom. The Balaban J connectivity index is 2.13. The van der Waals surface area contributed by atoms with E-state index in [1.54, 1.807) is 14.2 Å². The second-order valence-corrected chi connectivity index (χ2v) is 6.98. The molecule has 2 rings (SSSR count). The normalized spacial score (nSPS) is 12.0. The third kappa shape index (κ3) is 4.80. The van der Waals surface area contributed by atoms with Crippen LogP contribution < -0.4 is 14.8 Å². The average molecular weight is 370 g/mol. The lowest BCUT2D eigenvalue weighted by atomic mass is 10.1. The van der Waals surface area contributed by atoms with Crippen molar-refractivity contribution in [3.05, 3.63) is 52.6 Å². The number of carbonyl (C=O) groups excluding carboxylic acids is 1. The number of aryl methyl sites for hydroxylation is 3. The van der Waals surface area contributed by atoms with Crippen LogP contribution in [0.15, 0.2) is 30.3 Å². The van der Waals surface area contributed by atoms with Crippen molar-refractivity contribution in [2.24, 2.45) is 0 Å². The molecule has 1 amide bonds. The summed E-state index contributed by atoms with van der Waals surface area (Å²) in [5.41, 5.74) is 5.22. The summed E-state index contributed by atoms with van der Waals surface area (Å²) in [6, 6.07) is 9.66. The van der Waals surface area contributed by atoms with Crippen molar-refractivity contribution in [1.29, 1.82) is 0 Å². The van der Waals surface area contributed by atoms with Crippen LogP contribution in [0.4, 0.5) is 5.69 Å².